The summed E-state index contributed by atoms with van der Waals surface area (Å²) in [6.45, 7) is 5.99. The summed E-state index contributed by atoms with van der Waals surface area (Å²) < 4.78 is 10.8. The average Bonchev–Trinajstić information content (AvgIpc) is 2.94. The highest BCUT2D eigenvalue weighted by Crippen LogP contribution is 2.35. The van der Waals surface area contributed by atoms with Crippen molar-refractivity contribution in [2.75, 3.05) is 6.61 Å². The Morgan fingerprint density at radius 1 is 1.16 bits per heavy atom. The Balaban J connectivity index is 2.13. The summed E-state index contributed by atoms with van der Waals surface area (Å²) in [5.74, 6) is 0.484. The third kappa shape index (κ3) is 3.45. The minimum absolute atomic E-state index is 0.0889. The van der Waals surface area contributed by atoms with Gasteiger partial charge in [-0.15, -0.1) is 0 Å². The van der Waals surface area contributed by atoms with Gasteiger partial charge in [-0.2, -0.15) is 0 Å². The van der Waals surface area contributed by atoms with Crippen molar-refractivity contribution in [3.63, 3.8) is 0 Å². The highest BCUT2D eigenvalue weighted by molar-refractivity contribution is 6.08. The van der Waals surface area contributed by atoms with E-state index in [4.69, 9.17) is 9.47 Å². The molecule has 0 spiro atoms. The molecule has 5 heteroatoms. The van der Waals surface area contributed by atoms with Gasteiger partial charge in [0.2, 0.25) is 0 Å². The van der Waals surface area contributed by atoms with Crippen LogP contribution < -0.4 is 4.74 Å². The van der Waals surface area contributed by atoms with Gasteiger partial charge in [-0.1, -0.05) is 12.1 Å². The van der Waals surface area contributed by atoms with Crippen LogP contribution in [0.25, 0.3) is 22.0 Å². The quantitative estimate of drug-likeness (QED) is 0.671. The van der Waals surface area contributed by atoms with E-state index in [-0.39, 0.29) is 11.9 Å². The number of carbonyl (C=O) groups is 1. The van der Waals surface area contributed by atoms with Crippen LogP contribution in [-0.4, -0.2) is 28.8 Å². The highest BCUT2D eigenvalue weighted by atomic mass is 16.5. The van der Waals surface area contributed by atoms with Gasteiger partial charge >= 0.3 is 5.97 Å². The van der Waals surface area contributed by atoms with Crippen molar-refractivity contribution in [3.8, 4) is 22.6 Å². The van der Waals surface area contributed by atoms with Crippen LogP contribution in [0.4, 0.5) is 0 Å². The van der Waals surface area contributed by atoms with E-state index >= 15 is 0 Å². The third-order valence-electron chi connectivity index (χ3n) is 3.78. The topological polar surface area (TPSA) is 71.6 Å². The number of phenolic OH excluding ortho intramolecular Hbond substituents is 1. The van der Waals surface area contributed by atoms with Crippen molar-refractivity contribution in [2.45, 2.75) is 26.9 Å². The summed E-state index contributed by atoms with van der Waals surface area (Å²) >= 11 is 0. The van der Waals surface area contributed by atoms with E-state index in [0.29, 0.717) is 17.9 Å². The van der Waals surface area contributed by atoms with E-state index < -0.39 is 5.97 Å². The second-order valence-electron chi connectivity index (χ2n) is 6.02. The minimum Gasteiger partial charge on any atom is -0.508 e. The van der Waals surface area contributed by atoms with Crippen molar-refractivity contribution in [1.82, 2.24) is 4.98 Å². The van der Waals surface area contributed by atoms with Gasteiger partial charge < -0.3 is 19.6 Å². The molecule has 1 heterocycles. The number of fused-ring (bicyclic) bond motifs is 1. The number of hydrogen-bond donors (Lipinski definition) is 2. The smallest absolute Gasteiger partial charge is 0.355 e. The van der Waals surface area contributed by atoms with Crippen LogP contribution in [0.2, 0.25) is 0 Å². The monoisotopic (exact) mass is 339 g/mol. The second-order valence-corrected chi connectivity index (χ2v) is 6.02. The molecule has 0 aliphatic rings. The Morgan fingerprint density at radius 2 is 1.88 bits per heavy atom. The fourth-order valence-corrected chi connectivity index (χ4v) is 2.81. The van der Waals surface area contributed by atoms with Crippen molar-refractivity contribution < 1.29 is 19.4 Å². The van der Waals surface area contributed by atoms with Gasteiger partial charge in [-0.05, 0) is 56.7 Å². The maximum atomic E-state index is 12.4. The fraction of sp³-hybridized carbons (Fsp3) is 0.250. The molecule has 0 aliphatic heterocycles. The number of hydrogen-bond acceptors (Lipinski definition) is 4. The molecule has 0 saturated heterocycles. The largest absolute Gasteiger partial charge is 0.508 e. The molecule has 3 aromatic rings. The first kappa shape index (κ1) is 16.9. The van der Waals surface area contributed by atoms with Crippen molar-refractivity contribution in [3.05, 3.63) is 48.2 Å². The number of nitrogens with one attached hydrogen (secondary N) is 1. The lowest BCUT2D eigenvalue weighted by Gasteiger charge is -2.10. The van der Waals surface area contributed by atoms with Gasteiger partial charge in [-0.3, -0.25) is 0 Å². The Morgan fingerprint density at radius 3 is 2.52 bits per heavy atom. The molecule has 25 heavy (non-hydrogen) atoms. The lowest BCUT2D eigenvalue weighted by atomic mass is 10.0. The number of benzene rings is 2. The Hall–Kier alpha value is -2.95. The number of rotatable bonds is 5. The predicted octanol–water partition coefficient (Wildman–Crippen LogP) is 4.50. The summed E-state index contributed by atoms with van der Waals surface area (Å²) in [5, 5.41) is 10.6. The molecule has 0 atom stereocenters. The van der Waals surface area contributed by atoms with Crippen molar-refractivity contribution in [1.29, 1.82) is 0 Å². The molecular weight excluding hydrogens is 318 g/mol. The van der Waals surface area contributed by atoms with E-state index in [1.807, 2.05) is 38.1 Å². The van der Waals surface area contributed by atoms with Gasteiger partial charge in [0.25, 0.3) is 0 Å². The molecule has 0 unspecified atom stereocenters. The highest BCUT2D eigenvalue weighted by Gasteiger charge is 2.20. The molecular formula is C20H21NO4. The number of esters is 1. The molecule has 0 amide bonds. The third-order valence-corrected chi connectivity index (χ3v) is 3.78. The van der Waals surface area contributed by atoms with Crippen molar-refractivity contribution in [2.24, 2.45) is 0 Å². The molecule has 0 aliphatic carbocycles. The zero-order chi connectivity index (χ0) is 18.0. The van der Waals surface area contributed by atoms with Crippen LogP contribution >= 0.6 is 0 Å². The standard InChI is InChI=1S/C20H21NO4/c1-4-24-20(23)19-18(16-11-14(22)7-10-17(16)21-19)13-5-8-15(9-6-13)25-12(2)3/h5-12,21-22H,4H2,1-3H3. The van der Waals surface area contributed by atoms with E-state index in [1.54, 1.807) is 25.1 Å². The van der Waals surface area contributed by atoms with E-state index in [1.165, 1.54) is 0 Å². The van der Waals surface area contributed by atoms with Gasteiger partial charge in [-0.25, -0.2) is 4.79 Å². The van der Waals surface area contributed by atoms with Crippen LogP contribution in [0.1, 0.15) is 31.3 Å². The molecule has 0 fully saturated rings. The average molecular weight is 339 g/mol. The summed E-state index contributed by atoms with van der Waals surface area (Å²) in [7, 11) is 0. The summed E-state index contributed by atoms with van der Waals surface area (Å²) in [6.07, 6.45) is 0.0889. The number of H-pyrrole nitrogens is 1. The van der Waals surface area contributed by atoms with E-state index in [2.05, 4.69) is 4.98 Å². The molecule has 3 rings (SSSR count). The van der Waals surface area contributed by atoms with Gasteiger partial charge in [0, 0.05) is 16.5 Å². The van der Waals surface area contributed by atoms with E-state index in [9.17, 15) is 9.90 Å². The zero-order valence-electron chi connectivity index (χ0n) is 14.5. The number of phenols is 1. The number of aromatic amines is 1. The summed E-state index contributed by atoms with van der Waals surface area (Å²) in [6, 6.07) is 12.5. The van der Waals surface area contributed by atoms with E-state index in [0.717, 1.165) is 22.2 Å². The predicted molar refractivity (Wildman–Crippen MR) is 97.1 cm³/mol. The first-order valence-corrected chi connectivity index (χ1v) is 8.28. The maximum absolute atomic E-state index is 12.4. The lowest BCUT2D eigenvalue weighted by Crippen LogP contribution is -2.07. The van der Waals surface area contributed by atoms with Gasteiger partial charge in [0.05, 0.1) is 12.7 Å². The number of carbonyl (C=O) groups excluding carboxylic acids is 1. The SMILES string of the molecule is CCOC(=O)c1[nH]c2ccc(O)cc2c1-c1ccc(OC(C)C)cc1. The van der Waals surface area contributed by atoms with Crippen LogP contribution in [-0.2, 0) is 4.74 Å². The molecule has 5 nitrogen and oxygen atoms in total. The minimum atomic E-state index is -0.421. The molecule has 0 saturated carbocycles. The van der Waals surface area contributed by atoms with Crippen LogP contribution in [0.3, 0.4) is 0 Å². The van der Waals surface area contributed by atoms with Crippen LogP contribution in [0.5, 0.6) is 11.5 Å². The second kappa shape index (κ2) is 6.89. The first-order chi connectivity index (χ1) is 12.0. The molecule has 2 N–H and O–H groups in total. The normalized spacial score (nSPS) is 11.0. The number of aromatic hydroxyl groups is 1. The number of ether oxygens (including phenoxy) is 2. The summed E-state index contributed by atoms with van der Waals surface area (Å²) in [5.41, 5.74) is 2.69. The molecule has 2 aromatic carbocycles. The molecule has 1 aromatic heterocycles. The summed E-state index contributed by atoms with van der Waals surface area (Å²) in [4.78, 5) is 15.5. The Kier molecular flexibility index (Phi) is 4.65. The van der Waals surface area contributed by atoms with Crippen LogP contribution in [0, 0.1) is 0 Å². The molecule has 0 radical (unpaired) electrons. The lowest BCUT2D eigenvalue weighted by molar-refractivity contribution is 0.0521. The Labute approximate surface area is 146 Å². The fourth-order valence-electron chi connectivity index (χ4n) is 2.81. The maximum Gasteiger partial charge on any atom is 0.355 e. The van der Waals surface area contributed by atoms with Gasteiger partial charge in [0.1, 0.15) is 17.2 Å². The van der Waals surface area contributed by atoms with Crippen LogP contribution in [0.15, 0.2) is 42.5 Å². The van der Waals surface area contributed by atoms with Gasteiger partial charge in [0.15, 0.2) is 0 Å². The molecule has 0 bridgehead atoms. The zero-order valence-corrected chi connectivity index (χ0v) is 14.5. The molecule has 130 valence electrons. The Bertz CT molecular complexity index is 894. The van der Waals surface area contributed by atoms with Crippen molar-refractivity contribution >= 4 is 16.9 Å². The number of aromatic nitrogens is 1. The first-order valence-electron chi connectivity index (χ1n) is 8.28.